The summed E-state index contributed by atoms with van der Waals surface area (Å²) >= 11 is 0. The zero-order valence-corrected chi connectivity index (χ0v) is 23.9. The maximum Gasteiger partial charge on any atom is 0.295 e. The number of Topliss-reactive ketones (excluding diaryl/α,β-unsaturated/α-hetero) is 1. The van der Waals surface area contributed by atoms with E-state index in [-0.39, 0.29) is 17.4 Å². The predicted octanol–water partition coefficient (Wildman–Crippen LogP) is 6.25. The highest BCUT2D eigenvalue weighted by atomic mass is 16.5. The Morgan fingerprint density at radius 3 is 2.56 bits per heavy atom. The number of aliphatic hydroxyl groups excluding tert-OH is 1. The Morgan fingerprint density at radius 2 is 1.80 bits per heavy atom. The van der Waals surface area contributed by atoms with E-state index in [2.05, 4.69) is 6.92 Å². The highest BCUT2D eigenvalue weighted by Crippen LogP contribution is 2.43. The zero-order valence-electron chi connectivity index (χ0n) is 23.9. The van der Waals surface area contributed by atoms with Gasteiger partial charge in [0.05, 0.1) is 24.8 Å². The second kappa shape index (κ2) is 12.5. The number of aliphatic hydroxyl groups is 1. The van der Waals surface area contributed by atoms with Crippen LogP contribution < -0.4 is 14.2 Å². The first-order chi connectivity index (χ1) is 19.9. The van der Waals surface area contributed by atoms with Crippen molar-refractivity contribution >= 4 is 17.4 Å². The van der Waals surface area contributed by atoms with Crippen LogP contribution in [0.5, 0.6) is 17.2 Å². The van der Waals surface area contributed by atoms with Crippen molar-refractivity contribution in [2.45, 2.75) is 58.6 Å². The van der Waals surface area contributed by atoms with E-state index in [4.69, 9.17) is 14.2 Å². The second-order valence-electron chi connectivity index (χ2n) is 10.5. The van der Waals surface area contributed by atoms with Gasteiger partial charge in [0.2, 0.25) is 0 Å². The van der Waals surface area contributed by atoms with E-state index < -0.39 is 17.7 Å². The smallest absolute Gasteiger partial charge is 0.295 e. The molecule has 2 aliphatic heterocycles. The van der Waals surface area contributed by atoms with Gasteiger partial charge in [-0.1, -0.05) is 49.7 Å². The molecule has 1 fully saturated rings. The molecule has 7 heteroatoms. The average Bonchev–Trinajstić information content (AvgIpc) is 3.48. The molecule has 1 saturated heterocycles. The largest absolute Gasteiger partial charge is 0.507 e. The third kappa shape index (κ3) is 5.94. The van der Waals surface area contributed by atoms with Gasteiger partial charge in [-0.2, -0.15) is 0 Å². The van der Waals surface area contributed by atoms with Crippen molar-refractivity contribution in [2.75, 3.05) is 19.8 Å². The highest BCUT2D eigenvalue weighted by molar-refractivity contribution is 6.46. The summed E-state index contributed by atoms with van der Waals surface area (Å²) in [5, 5.41) is 11.6. The number of hydrogen-bond acceptors (Lipinski definition) is 6. The molecule has 41 heavy (non-hydrogen) atoms. The number of hydrogen-bond donors (Lipinski definition) is 1. The van der Waals surface area contributed by atoms with Gasteiger partial charge in [-0.05, 0) is 73.7 Å². The molecule has 7 nitrogen and oxygen atoms in total. The van der Waals surface area contributed by atoms with Crippen molar-refractivity contribution in [3.8, 4) is 17.2 Å². The topological polar surface area (TPSA) is 85.3 Å². The molecule has 0 bridgehead atoms. The molecule has 5 rings (SSSR count). The van der Waals surface area contributed by atoms with E-state index in [1.54, 1.807) is 11.0 Å². The molecule has 3 aromatic rings. The fourth-order valence-corrected chi connectivity index (χ4v) is 5.49. The average molecular weight is 556 g/mol. The fraction of sp³-hybridized carbons (Fsp3) is 0.353. The molecule has 2 atom stereocenters. The minimum Gasteiger partial charge on any atom is -0.507 e. The lowest BCUT2D eigenvalue weighted by molar-refractivity contribution is -0.139. The normalized spacial score (nSPS) is 19.2. The zero-order chi connectivity index (χ0) is 28.9. The van der Waals surface area contributed by atoms with Gasteiger partial charge in [-0.15, -0.1) is 0 Å². The van der Waals surface area contributed by atoms with Crippen molar-refractivity contribution in [3.05, 3.63) is 94.6 Å². The molecule has 0 spiro atoms. The van der Waals surface area contributed by atoms with Crippen LogP contribution >= 0.6 is 0 Å². The Balaban J connectivity index is 1.58. The van der Waals surface area contributed by atoms with E-state index >= 15 is 0 Å². The molecule has 2 aliphatic rings. The van der Waals surface area contributed by atoms with Gasteiger partial charge >= 0.3 is 0 Å². The SMILES string of the molecule is CCCCOc1ccc([C@H]2/C(=C(\O)c3ccc4c(c3)C[C@H](C)O4)C(=O)C(=O)N2CCc2ccccc2)cc1OCC. The van der Waals surface area contributed by atoms with Crippen molar-refractivity contribution < 1.29 is 28.9 Å². The summed E-state index contributed by atoms with van der Waals surface area (Å²) in [6.07, 6.45) is 3.24. The van der Waals surface area contributed by atoms with Crippen LogP contribution in [0.2, 0.25) is 0 Å². The summed E-state index contributed by atoms with van der Waals surface area (Å²) in [7, 11) is 0. The molecule has 0 aromatic heterocycles. The molecule has 0 radical (unpaired) electrons. The van der Waals surface area contributed by atoms with Crippen LogP contribution in [-0.2, 0) is 22.4 Å². The van der Waals surface area contributed by atoms with Gasteiger partial charge in [-0.3, -0.25) is 9.59 Å². The van der Waals surface area contributed by atoms with Gasteiger partial charge in [0.1, 0.15) is 17.6 Å². The van der Waals surface area contributed by atoms with E-state index in [1.807, 2.05) is 74.5 Å². The number of fused-ring (bicyclic) bond motifs is 1. The van der Waals surface area contributed by atoms with Crippen molar-refractivity contribution in [2.24, 2.45) is 0 Å². The number of benzene rings is 3. The first-order valence-electron chi connectivity index (χ1n) is 14.4. The lowest BCUT2D eigenvalue weighted by Gasteiger charge is -2.26. The number of unbranched alkanes of at least 4 members (excludes halogenated alkanes) is 1. The van der Waals surface area contributed by atoms with Crippen LogP contribution in [0.3, 0.4) is 0 Å². The van der Waals surface area contributed by atoms with E-state index in [0.29, 0.717) is 55.2 Å². The Labute approximate surface area is 241 Å². The highest BCUT2D eigenvalue weighted by Gasteiger charge is 2.46. The summed E-state index contributed by atoms with van der Waals surface area (Å²) in [6.45, 7) is 7.28. The fourth-order valence-electron chi connectivity index (χ4n) is 5.49. The maximum atomic E-state index is 13.6. The molecule has 214 valence electrons. The van der Waals surface area contributed by atoms with E-state index in [1.165, 1.54) is 0 Å². The minimum absolute atomic E-state index is 0.0426. The van der Waals surface area contributed by atoms with Crippen LogP contribution in [0.25, 0.3) is 5.76 Å². The quantitative estimate of drug-likeness (QED) is 0.130. The summed E-state index contributed by atoms with van der Waals surface area (Å²) in [5.41, 5.74) is 3.23. The van der Waals surface area contributed by atoms with Crippen molar-refractivity contribution in [1.29, 1.82) is 0 Å². The minimum atomic E-state index is -0.786. The number of carbonyl (C=O) groups excluding carboxylic acids is 2. The number of rotatable bonds is 11. The molecular weight excluding hydrogens is 518 g/mol. The van der Waals surface area contributed by atoms with Gasteiger partial charge in [0.25, 0.3) is 11.7 Å². The van der Waals surface area contributed by atoms with Gasteiger partial charge in [-0.25, -0.2) is 0 Å². The lowest BCUT2D eigenvalue weighted by atomic mass is 9.94. The number of nitrogens with zero attached hydrogens (tertiary/aromatic N) is 1. The monoisotopic (exact) mass is 555 g/mol. The standard InChI is InChI=1S/C34H37NO6/c1-4-6-18-40-28-15-12-24(21-29(28)39-5-2)31-30(32(36)25-13-14-27-26(20-25)19-22(3)41-27)33(37)34(38)35(31)17-16-23-10-8-7-9-11-23/h7-15,20-22,31,36H,4-6,16-19H2,1-3H3/b32-30+/t22-,31-/m0/s1. The maximum absolute atomic E-state index is 13.6. The van der Waals surface area contributed by atoms with Gasteiger partial charge in [0, 0.05) is 18.5 Å². The van der Waals surface area contributed by atoms with Crippen LogP contribution in [0.15, 0.2) is 72.3 Å². The van der Waals surface area contributed by atoms with Crippen LogP contribution in [-0.4, -0.2) is 47.6 Å². The summed E-state index contributed by atoms with van der Waals surface area (Å²) in [4.78, 5) is 28.6. The molecular formula is C34H37NO6. The summed E-state index contributed by atoms with van der Waals surface area (Å²) in [6, 6.07) is 19.9. The molecule has 0 unspecified atom stereocenters. The van der Waals surface area contributed by atoms with Crippen LogP contribution in [0.4, 0.5) is 0 Å². The molecule has 0 saturated carbocycles. The predicted molar refractivity (Wildman–Crippen MR) is 157 cm³/mol. The van der Waals surface area contributed by atoms with Crippen molar-refractivity contribution in [3.63, 3.8) is 0 Å². The number of likely N-dealkylation sites (tertiary alicyclic amines) is 1. The molecule has 2 heterocycles. The van der Waals surface area contributed by atoms with E-state index in [0.717, 1.165) is 29.7 Å². The Bertz CT molecular complexity index is 1450. The van der Waals surface area contributed by atoms with Crippen molar-refractivity contribution in [1.82, 2.24) is 4.90 Å². The third-order valence-electron chi connectivity index (χ3n) is 7.53. The van der Waals surface area contributed by atoms with Gasteiger partial charge < -0.3 is 24.2 Å². The molecule has 1 N–H and O–H groups in total. The number of ketones is 1. The molecule has 3 aromatic carbocycles. The first kappa shape index (κ1) is 28.3. The molecule has 0 aliphatic carbocycles. The van der Waals surface area contributed by atoms with Gasteiger partial charge in [0.15, 0.2) is 11.5 Å². The third-order valence-corrected chi connectivity index (χ3v) is 7.53. The Hall–Kier alpha value is -4.26. The number of ether oxygens (including phenoxy) is 3. The summed E-state index contributed by atoms with van der Waals surface area (Å²) in [5.74, 6) is 0.392. The summed E-state index contributed by atoms with van der Waals surface area (Å²) < 4.78 is 17.7. The number of amides is 1. The molecule has 1 amide bonds. The second-order valence-corrected chi connectivity index (χ2v) is 10.5. The number of carbonyl (C=O) groups is 2. The van der Waals surface area contributed by atoms with Crippen LogP contribution in [0, 0.1) is 0 Å². The van der Waals surface area contributed by atoms with E-state index in [9.17, 15) is 14.7 Å². The van der Waals surface area contributed by atoms with Crippen LogP contribution in [0.1, 0.15) is 61.9 Å². The Morgan fingerprint density at radius 1 is 1.00 bits per heavy atom. The Kier molecular flexibility index (Phi) is 8.62. The lowest BCUT2D eigenvalue weighted by Crippen LogP contribution is -2.31. The first-order valence-corrected chi connectivity index (χ1v) is 14.4.